The largest absolute Gasteiger partial charge is 0.497 e. The molecule has 0 aliphatic rings. The molecule has 41 heavy (non-hydrogen) atoms. The lowest BCUT2D eigenvalue weighted by molar-refractivity contribution is -0.114. The lowest BCUT2D eigenvalue weighted by Gasteiger charge is -2.24. The molecule has 0 radical (unpaired) electrons. The summed E-state index contributed by atoms with van der Waals surface area (Å²) in [4.78, 5) is 13.0. The number of nitrogens with one attached hydrogen (secondary N) is 2. The summed E-state index contributed by atoms with van der Waals surface area (Å²) in [7, 11) is -6.49. The van der Waals surface area contributed by atoms with Gasteiger partial charge in [0.15, 0.2) is 0 Å². The summed E-state index contributed by atoms with van der Waals surface area (Å²) in [6.45, 7) is 1.75. The fourth-order valence-corrected chi connectivity index (χ4v) is 6.31. The van der Waals surface area contributed by atoms with E-state index < -0.39 is 32.5 Å². The molecule has 0 bridgehead atoms. The van der Waals surface area contributed by atoms with Gasteiger partial charge in [0.25, 0.3) is 20.0 Å². The van der Waals surface area contributed by atoms with Crippen LogP contribution in [-0.2, 0) is 24.8 Å². The first-order chi connectivity index (χ1) is 19.6. The van der Waals surface area contributed by atoms with Crippen LogP contribution in [0.2, 0.25) is 0 Å². The van der Waals surface area contributed by atoms with Crippen molar-refractivity contribution in [1.82, 2.24) is 0 Å². The molecular weight excluding hydrogens is 566 g/mol. The number of methoxy groups -OCH3 is 1. The Labute approximate surface area is 239 Å². The molecule has 0 heterocycles. The molecule has 0 fully saturated rings. The van der Waals surface area contributed by atoms with E-state index in [4.69, 9.17) is 9.47 Å². The number of hydrogen-bond acceptors (Lipinski definition) is 7. The topological polar surface area (TPSA) is 131 Å². The first-order valence-electron chi connectivity index (χ1n) is 12.5. The van der Waals surface area contributed by atoms with Gasteiger partial charge in [-0.3, -0.25) is 13.8 Å². The van der Waals surface area contributed by atoms with E-state index in [1.807, 2.05) is 6.92 Å². The molecule has 2 N–H and O–H groups in total. The zero-order valence-corrected chi connectivity index (χ0v) is 24.0. The van der Waals surface area contributed by atoms with Gasteiger partial charge < -0.3 is 14.8 Å². The van der Waals surface area contributed by atoms with Crippen molar-refractivity contribution in [3.05, 3.63) is 103 Å². The van der Waals surface area contributed by atoms with Crippen LogP contribution >= 0.6 is 0 Å². The number of carbonyl (C=O) groups is 1. The number of amides is 1. The predicted octanol–water partition coefficient (Wildman–Crippen LogP) is 4.73. The van der Waals surface area contributed by atoms with Gasteiger partial charge in [-0.05, 0) is 91.9 Å². The molecule has 0 atom stereocenters. The van der Waals surface area contributed by atoms with Gasteiger partial charge in [0.05, 0.1) is 29.2 Å². The number of nitrogens with zero attached hydrogens (tertiary/aromatic N) is 1. The monoisotopic (exact) mass is 595 g/mol. The number of carbonyl (C=O) groups excluding carboxylic acids is 1. The summed E-state index contributed by atoms with van der Waals surface area (Å²) in [5.74, 6) is 0.501. The molecule has 214 valence electrons. The summed E-state index contributed by atoms with van der Waals surface area (Å²) < 4.78 is 66.6. The molecule has 0 aliphatic heterocycles. The van der Waals surface area contributed by atoms with Gasteiger partial charge in [-0.2, -0.15) is 0 Å². The van der Waals surface area contributed by atoms with Crippen LogP contribution in [0.15, 0.2) is 113 Å². The fraction of sp³-hybridized carbons (Fsp3) is 0.138. The zero-order valence-electron chi connectivity index (χ0n) is 22.4. The van der Waals surface area contributed by atoms with E-state index in [1.165, 1.54) is 43.5 Å². The maximum atomic E-state index is 13.6. The van der Waals surface area contributed by atoms with Crippen molar-refractivity contribution >= 4 is 43.0 Å². The molecule has 0 saturated heterocycles. The van der Waals surface area contributed by atoms with E-state index in [9.17, 15) is 21.6 Å². The molecule has 1 amide bonds. The van der Waals surface area contributed by atoms with Crippen LogP contribution < -0.4 is 23.8 Å². The zero-order chi connectivity index (χ0) is 29.5. The Morgan fingerprint density at radius 2 is 1.29 bits per heavy atom. The summed E-state index contributed by atoms with van der Waals surface area (Å²) in [6.07, 6.45) is 0. The standard InChI is InChI=1S/C29H29N3O7S2/c1-3-39-26-15-19-28(20-16-26)41(36,37)32(24-7-5-4-6-8-24)21-29(33)30-22-11-17-27(18-12-22)40(34,35)31-23-9-13-25(38-2)14-10-23/h4-20,31H,3,21H2,1-2H3,(H,30,33). The van der Waals surface area contributed by atoms with Gasteiger partial charge in [-0.15, -0.1) is 0 Å². The Kier molecular flexibility index (Phi) is 9.15. The summed E-state index contributed by atoms with van der Waals surface area (Å²) in [6, 6.07) is 26.2. The molecule has 0 saturated carbocycles. The van der Waals surface area contributed by atoms with E-state index in [0.29, 0.717) is 35.2 Å². The second kappa shape index (κ2) is 12.7. The van der Waals surface area contributed by atoms with Crippen molar-refractivity contribution in [2.45, 2.75) is 16.7 Å². The van der Waals surface area contributed by atoms with Gasteiger partial charge in [-0.1, -0.05) is 18.2 Å². The number of hydrogen-bond donors (Lipinski definition) is 2. The second-order valence-electron chi connectivity index (χ2n) is 8.66. The lowest BCUT2D eigenvalue weighted by Crippen LogP contribution is -2.38. The molecule has 10 nitrogen and oxygen atoms in total. The van der Waals surface area contributed by atoms with Crippen LogP contribution in [0.3, 0.4) is 0 Å². The Hall–Kier alpha value is -4.55. The third-order valence-corrected chi connectivity index (χ3v) is 9.03. The molecular formula is C29H29N3O7S2. The molecule has 4 rings (SSSR count). The minimum Gasteiger partial charge on any atom is -0.497 e. The van der Waals surface area contributed by atoms with Gasteiger partial charge in [0, 0.05) is 11.4 Å². The normalized spacial score (nSPS) is 11.4. The number of para-hydroxylation sites is 1. The van der Waals surface area contributed by atoms with E-state index in [-0.39, 0.29) is 9.79 Å². The number of ether oxygens (including phenoxy) is 2. The third-order valence-electron chi connectivity index (χ3n) is 5.84. The third kappa shape index (κ3) is 7.35. The van der Waals surface area contributed by atoms with E-state index in [2.05, 4.69) is 10.0 Å². The molecule has 0 spiro atoms. The van der Waals surface area contributed by atoms with Crippen molar-refractivity contribution in [3.8, 4) is 11.5 Å². The highest BCUT2D eigenvalue weighted by Crippen LogP contribution is 2.26. The number of sulfonamides is 2. The van der Waals surface area contributed by atoms with Crippen LogP contribution in [0.1, 0.15) is 6.92 Å². The highest BCUT2D eigenvalue weighted by molar-refractivity contribution is 7.93. The Balaban J connectivity index is 1.49. The van der Waals surface area contributed by atoms with E-state index in [0.717, 1.165) is 4.31 Å². The first-order valence-corrected chi connectivity index (χ1v) is 15.4. The summed E-state index contributed by atoms with van der Waals surface area (Å²) in [5.41, 5.74) is 0.963. The highest BCUT2D eigenvalue weighted by atomic mass is 32.2. The SMILES string of the molecule is CCOc1ccc(S(=O)(=O)N(CC(=O)Nc2ccc(S(=O)(=O)Nc3ccc(OC)cc3)cc2)c2ccccc2)cc1. The lowest BCUT2D eigenvalue weighted by atomic mass is 10.3. The number of anilines is 3. The Bertz CT molecular complexity index is 1680. The van der Waals surface area contributed by atoms with Crippen molar-refractivity contribution in [2.75, 3.05) is 34.6 Å². The fourth-order valence-electron chi connectivity index (χ4n) is 3.83. The molecule has 4 aromatic rings. The quantitative estimate of drug-likeness (QED) is 0.242. The van der Waals surface area contributed by atoms with Crippen molar-refractivity contribution in [1.29, 1.82) is 0 Å². The van der Waals surface area contributed by atoms with Crippen molar-refractivity contribution in [2.24, 2.45) is 0 Å². The van der Waals surface area contributed by atoms with Gasteiger partial charge in [0.1, 0.15) is 18.0 Å². The van der Waals surface area contributed by atoms with Gasteiger partial charge in [-0.25, -0.2) is 16.8 Å². The molecule has 4 aromatic carbocycles. The minimum atomic E-state index is -4.11. The maximum Gasteiger partial charge on any atom is 0.264 e. The molecule has 0 aliphatic carbocycles. The van der Waals surface area contributed by atoms with Crippen LogP contribution in [-0.4, -0.2) is 43.0 Å². The molecule has 12 heteroatoms. The van der Waals surface area contributed by atoms with Crippen molar-refractivity contribution < 1.29 is 31.1 Å². The van der Waals surface area contributed by atoms with Crippen LogP contribution in [0.5, 0.6) is 11.5 Å². The Morgan fingerprint density at radius 1 is 0.732 bits per heavy atom. The van der Waals surface area contributed by atoms with Gasteiger partial charge >= 0.3 is 0 Å². The second-order valence-corrected chi connectivity index (χ2v) is 12.2. The average Bonchev–Trinajstić information content (AvgIpc) is 2.97. The van der Waals surface area contributed by atoms with Crippen LogP contribution in [0, 0.1) is 0 Å². The average molecular weight is 596 g/mol. The van der Waals surface area contributed by atoms with E-state index in [1.54, 1.807) is 66.7 Å². The first kappa shape index (κ1) is 29.4. The minimum absolute atomic E-state index is 0.00322. The van der Waals surface area contributed by atoms with E-state index >= 15 is 0 Å². The molecule has 0 unspecified atom stereocenters. The highest BCUT2D eigenvalue weighted by Gasteiger charge is 2.27. The van der Waals surface area contributed by atoms with Crippen LogP contribution in [0.4, 0.5) is 17.1 Å². The predicted molar refractivity (Wildman–Crippen MR) is 157 cm³/mol. The number of benzene rings is 4. The Morgan fingerprint density at radius 3 is 1.88 bits per heavy atom. The maximum absolute atomic E-state index is 13.6. The molecule has 0 aromatic heterocycles. The van der Waals surface area contributed by atoms with Crippen LogP contribution in [0.25, 0.3) is 0 Å². The van der Waals surface area contributed by atoms with Gasteiger partial charge in [0.2, 0.25) is 5.91 Å². The summed E-state index contributed by atoms with van der Waals surface area (Å²) >= 11 is 0. The summed E-state index contributed by atoms with van der Waals surface area (Å²) in [5, 5.41) is 2.64. The smallest absolute Gasteiger partial charge is 0.264 e. The van der Waals surface area contributed by atoms with Crippen molar-refractivity contribution in [3.63, 3.8) is 0 Å². The number of rotatable bonds is 12.